The summed E-state index contributed by atoms with van der Waals surface area (Å²) < 4.78 is 8.28. The molecule has 5 heteroatoms. The largest absolute Gasteiger partial charge is 0.497 e. The number of methoxy groups -OCH3 is 1. The van der Waals surface area contributed by atoms with Gasteiger partial charge in [-0.2, -0.15) is 0 Å². The number of nitrogens with zero attached hydrogens (tertiary/aromatic N) is 1. The molecule has 0 aliphatic carbocycles. The molecule has 0 aliphatic rings. The van der Waals surface area contributed by atoms with Gasteiger partial charge < -0.3 is 14.6 Å². The Morgan fingerprint density at radius 3 is 2.95 bits per heavy atom. The van der Waals surface area contributed by atoms with Crippen LogP contribution in [0.25, 0.3) is 10.2 Å². The average molecular weight is 314 g/mol. The van der Waals surface area contributed by atoms with Gasteiger partial charge in [-0.1, -0.05) is 12.1 Å². The number of aromatic nitrogens is 1. The summed E-state index contributed by atoms with van der Waals surface area (Å²) in [6.45, 7) is 0.602. The molecule has 1 N–H and O–H groups in total. The Balaban J connectivity index is 1.62. The molecule has 0 radical (unpaired) electrons. The zero-order valence-electron chi connectivity index (χ0n) is 12.6. The molecule has 3 aromatic rings. The summed E-state index contributed by atoms with van der Waals surface area (Å²) in [6, 6.07) is 11.9. The van der Waals surface area contributed by atoms with Crippen molar-refractivity contribution in [3.05, 3.63) is 53.0 Å². The van der Waals surface area contributed by atoms with Crippen LogP contribution in [0.2, 0.25) is 0 Å². The Bertz CT molecular complexity index is 804. The van der Waals surface area contributed by atoms with E-state index in [4.69, 9.17) is 4.74 Å². The normalized spacial score (nSPS) is 10.8. The Labute approximate surface area is 133 Å². The standard InChI is InChI=1S/C17H18N2O2S/c1-19-14-7-9-22-16(14)11-15(19)17(20)18-8-6-12-4-3-5-13(10-12)21-2/h3-5,7,9-11H,6,8H2,1-2H3,(H,18,20). The van der Waals surface area contributed by atoms with E-state index in [2.05, 4.69) is 5.32 Å². The van der Waals surface area contributed by atoms with E-state index in [9.17, 15) is 4.79 Å². The van der Waals surface area contributed by atoms with Crippen molar-refractivity contribution < 1.29 is 9.53 Å². The van der Waals surface area contributed by atoms with Crippen LogP contribution < -0.4 is 10.1 Å². The first-order chi connectivity index (χ1) is 10.7. The van der Waals surface area contributed by atoms with Gasteiger partial charge in [0.05, 0.1) is 17.3 Å². The number of amides is 1. The summed E-state index contributed by atoms with van der Waals surface area (Å²) in [6.07, 6.45) is 0.779. The monoisotopic (exact) mass is 314 g/mol. The lowest BCUT2D eigenvalue weighted by molar-refractivity contribution is 0.0946. The Morgan fingerprint density at radius 1 is 1.32 bits per heavy atom. The van der Waals surface area contributed by atoms with Crippen molar-refractivity contribution >= 4 is 27.5 Å². The molecule has 3 rings (SSSR count). The van der Waals surface area contributed by atoms with Crippen LogP contribution in [0.1, 0.15) is 16.1 Å². The van der Waals surface area contributed by atoms with Crippen LogP contribution >= 0.6 is 11.3 Å². The maximum atomic E-state index is 12.3. The minimum absolute atomic E-state index is 0.0335. The predicted octanol–water partition coefficient (Wildman–Crippen LogP) is 3.22. The van der Waals surface area contributed by atoms with Crippen molar-refractivity contribution in [3.63, 3.8) is 0 Å². The predicted molar refractivity (Wildman–Crippen MR) is 89.8 cm³/mol. The van der Waals surface area contributed by atoms with Crippen LogP contribution in [-0.4, -0.2) is 24.1 Å². The number of hydrogen-bond donors (Lipinski definition) is 1. The van der Waals surface area contributed by atoms with Crippen molar-refractivity contribution in [2.75, 3.05) is 13.7 Å². The molecule has 4 nitrogen and oxygen atoms in total. The Morgan fingerprint density at radius 2 is 2.18 bits per heavy atom. The molecule has 2 heterocycles. The SMILES string of the molecule is COc1cccc(CCNC(=O)c2cc3sccc3n2C)c1. The number of rotatable bonds is 5. The second-order valence-corrected chi connectivity index (χ2v) is 6.06. The third-order valence-electron chi connectivity index (χ3n) is 3.73. The third-order valence-corrected chi connectivity index (χ3v) is 4.58. The maximum Gasteiger partial charge on any atom is 0.267 e. The number of carbonyl (C=O) groups is 1. The molecule has 114 valence electrons. The molecule has 0 saturated carbocycles. The Hall–Kier alpha value is -2.27. The molecular weight excluding hydrogens is 296 g/mol. The van der Waals surface area contributed by atoms with Crippen molar-refractivity contribution in [1.82, 2.24) is 9.88 Å². The second-order valence-electron chi connectivity index (χ2n) is 5.12. The number of carbonyl (C=O) groups excluding carboxylic acids is 1. The molecule has 1 aromatic carbocycles. The maximum absolute atomic E-state index is 12.3. The highest BCUT2D eigenvalue weighted by atomic mass is 32.1. The number of nitrogens with one attached hydrogen (secondary N) is 1. The highest BCUT2D eigenvalue weighted by molar-refractivity contribution is 7.17. The van der Waals surface area contributed by atoms with E-state index in [-0.39, 0.29) is 5.91 Å². The van der Waals surface area contributed by atoms with Gasteiger partial charge in [0.15, 0.2) is 0 Å². The van der Waals surface area contributed by atoms with Crippen molar-refractivity contribution in [2.45, 2.75) is 6.42 Å². The molecule has 22 heavy (non-hydrogen) atoms. The molecule has 0 aliphatic heterocycles. The van der Waals surface area contributed by atoms with Crippen LogP contribution in [0.5, 0.6) is 5.75 Å². The molecule has 0 fully saturated rings. The van der Waals surface area contributed by atoms with E-state index in [0.29, 0.717) is 12.2 Å². The average Bonchev–Trinajstić information content (AvgIpc) is 3.11. The highest BCUT2D eigenvalue weighted by Crippen LogP contribution is 2.24. The van der Waals surface area contributed by atoms with Crippen LogP contribution in [0, 0.1) is 0 Å². The van der Waals surface area contributed by atoms with Gasteiger partial charge in [0.1, 0.15) is 11.4 Å². The van der Waals surface area contributed by atoms with Crippen LogP contribution in [0.3, 0.4) is 0 Å². The van der Waals surface area contributed by atoms with Gasteiger partial charge in [-0.15, -0.1) is 11.3 Å². The van der Waals surface area contributed by atoms with Gasteiger partial charge in [0, 0.05) is 13.6 Å². The highest BCUT2D eigenvalue weighted by Gasteiger charge is 2.13. The summed E-state index contributed by atoms with van der Waals surface area (Å²) in [4.78, 5) is 12.3. The number of aryl methyl sites for hydroxylation is 1. The zero-order valence-corrected chi connectivity index (χ0v) is 13.4. The molecule has 0 saturated heterocycles. The molecule has 0 bridgehead atoms. The minimum Gasteiger partial charge on any atom is -0.497 e. The van der Waals surface area contributed by atoms with E-state index in [1.807, 2.05) is 53.4 Å². The van der Waals surface area contributed by atoms with Gasteiger partial charge in [-0.05, 0) is 41.6 Å². The van der Waals surface area contributed by atoms with Crippen molar-refractivity contribution in [1.29, 1.82) is 0 Å². The third kappa shape index (κ3) is 2.85. The summed E-state index contributed by atoms with van der Waals surface area (Å²) in [5.41, 5.74) is 2.95. The van der Waals surface area contributed by atoms with Crippen LogP contribution in [-0.2, 0) is 13.5 Å². The van der Waals surface area contributed by atoms with E-state index in [0.717, 1.165) is 28.0 Å². The molecule has 0 spiro atoms. The lowest BCUT2D eigenvalue weighted by Gasteiger charge is -2.07. The van der Waals surface area contributed by atoms with Crippen molar-refractivity contribution in [2.24, 2.45) is 7.05 Å². The van der Waals surface area contributed by atoms with Crippen LogP contribution in [0.15, 0.2) is 41.8 Å². The lowest BCUT2D eigenvalue weighted by atomic mass is 10.1. The molecule has 2 aromatic heterocycles. The quantitative estimate of drug-likeness (QED) is 0.786. The summed E-state index contributed by atoms with van der Waals surface area (Å²) >= 11 is 1.65. The number of hydrogen-bond acceptors (Lipinski definition) is 3. The zero-order chi connectivity index (χ0) is 15.5. The summed E-state index contributed by atoms with van der Waals surface area (Å²) in [7, 11) is 3.58. The van der Waals surface area contributed by atoms with Gasteiger partial charge in [-0.3, -0.25) is 4.79 Å². The number of ether oxygens (including phenoxy) is 1. The van der Waals surface area contributed by atoms with Gasteiger partial charge in [0.25, 0.3) is 5.91 Å². The first-order valence-electron chi connectivity index (χ1n) is 7.13. The topological polar surface area (TPSA) is 43.3 Å². The molecule has 0 unspecified atom stereocenters. The Kier molecular flexibility index (Phi) is 4.15. The molecular formula is C17H18N2O2S. The van der Waals surface area contributed by atoms with Crippen molar-refractivity contribution in [3.8, 4) is 5.75 Å². The fourth-order valence-electron chi connectivity index (χ4n) is 2.51. The van der Waals surface area contributed by atoms with Crippen LogP contribution in [0.4, 0.5) is 0 Å². The lowest BCUT2D eigenvalue weighted by Crippen LogP contribution is -2.27. The van der Waals surface area contributed by atoms with Gasteiger partial charge in [0.2, 0.25) is 0 Å². The second kappa shape index (κ2) is 6.23. The minimum atomic E-state index is -0.0335. The smallest absolute Gasteiger partial charge is 0.267 e. The van der Waals surface area contributed by atoms with E-state index in [1.165, 1.54) is 0 Å². The number of thiophene rings is 1. The first kappa shape index (κ1) is 14.7. The fourth-order valence-corrected chi connectivity index (χ4v) is 3.36. The summed E-state index contributed by atoms with van der Waals surface area (Å²) in [5.74, 6) is 0.806. The van der Waals surface area contributed by atoms with Gasteiger partial charge >= 0.3 is 0 Å². The molecule has 1 amide bonds. The first-order valence-corrected chi connectivity index (χ1v) is 8.01. The summed E-state index contributed by atoms with van der Waals surface area (Å²) in [5, 5.41) is 5.02. The van der Waals surface area contributed by atoms with E-state index < -0.39 is 0 Å². The number of fused-ring (bicyclic) bond motifs is 1. The van der Waals surface area contributed by atoms with E-state index in [1.54, 1.807) is 18.4 Å². The fraction of sp³-hybridized carbons (Fsp3) is 0.235. The van der Waals surface area contributed by atoms with Gasteiger partial charge in [-0.25, -0.2) is 0 Å². The van der Waals surface area contributed by atoms with E-state index >= 15 is 0 Å². The number of benzene rings is 1. The molecule has 0 atom stereocenters.